The van der Waals surface area contributed by atoms with Crippen LogP contribution in [0.15, 0.2) is 23.1 Å². The molecule has 0 unspecified atom stereocenters. The number of benzene rings is 1. The van der Waals surface area contributed by atoms with E-state index < -0.39 is 4.92 Å². The molecule has 0 spiro atoms. The number of nitrogens with zero attached hydrogens (tertiary/aromatic N) is 2. The minimum Gasteiger partial charge on any atom is -0.378 e. The van der Waals surface area contributed by atoms with Gasteiger partial charge in [0.15, 0.2) is 0 Å². The van der Waals surface area contributed by atoms with Crippen molar-refractivity contribution in [3.8, 4) is 0 Å². The Morgan fingerprint density at radius 3 is 2.74 bits per heavy atom. The van der Waals surface area contributed by atoms with Crippen LogP contribution in [0.3, 0.4) is 0 Å². The van der Waals surface area contributed by atoms with Crippen molar-refractivity contribution in [2.75, 3.05) is 31.2 Å². The Morgan fingerprint density at radius 2 is 2.13 bits per heavy atom. The number of amides is 1. The second kappa shape index (κ2) is 6.65. The standard InChI is InChI=1S/C14H13N3O4S2/c18-13-12(23-14(22)15-13)8-9-7-10(17(19)20)1-2-11(9)16-3-5-21-6-4-16/h1-2,7-8H,3-6H2,(H,15,18,22). The van der Waals surface area contributed by atoms with Crippen molar-refractivity contribution in [3.05, 3.63) is 38.8 Å². The molecule has 2 heterocycles. The van der Waals surface area contributed by atoms with Gasteiger partial charge >= 0.3 is 0 Å². The van der Waals surface area contributed by atoms with Crippen LogP contribution in [0.1, 0.15) is 5.56 Å². The van der Waals surface area contributed by atoms with Gasteiger partial charge in [-0.25, -0.2) is 0 Å². The summed E-state index contributed by atoms with van der Waals surface area (Å²) in [6.07, 6.45) is 1.65. The molecule has 0 aromatic heterocycles. The van der Waals surface area contributed by atoms with Gasteiger partial charge in [0.2, 0.25) is 0 Å². The fourth-order valence-electron chi connectivity index (χ4n) is 2.43. The zero-order valence-electron chi connectivity index (χ0n) is 12.0. The van der Waals surface area contributed by atoms with Crippen LogP contribution < -0.4 is 10.2 Å². The van der Waals surface area contributed by atoms with Crippen LogP contribution in [0, 0.1) is 10.1 Å². The van der Waals surface area contributed by atoms with Crippen LogP contribution in [0.5, 0.6) is 0 Å². The van der Waals surface area contributed by atoms with E-state index in [4.69, 9.17) is 17.0 Å². The molecule has 0 bridgehead atoms. The predicted octanol–water partition coefficient (Wildman–Crippen LogP) is 1.92. The summed E-state index contributed by atoms with van der Waals surface area (Å²) < 4.78 is 5.73. The van der Waals surface area contributed by atoms with Crippen molar-refractivity contribution < 1.29 is 14.5 Å². The number of carbonyl (C=O) groups excluding carboxylic acids is 1. The molecule has 1 N–H and O–H groups in total. The van der Waals surface area contributed by atoms with E-state index in [1.165, 1.54) is 12.1 Å². The number of ether oxygens (including phenoxy) is 1. The van der Waals surface area contributed by atoms with Crippen molar-refractivity contribution in [1.82, 2.24) is 5.32 Å². The Labute approximate surface area is 141 Å². The highest BCUT2D eigenvalue weighted by Gasteiger charge is 2.24. The van der Waals surface area contributed by atoms with Gasteiger partial charge in [-0.3, -0.25) is 14.9 Å². The Balaban J connectivity index is 2.02. The molecule has 2 fully saturated rings. The minimum absolute atomic E-state index is 0.0140. The lowest BCUT2D eigenvalue weighted by molar-refractivity contribution is -0.384. The number of hydrogen-bond acceptors (Lipinski definition) is 7. The molecule has 9 heteroatoms. The number of nitrogens with one attached hydrogen (secondary N) is 1. The zero-order chi connectivity index (χ0) is 16.4. The topological polar surface area (TPSA) is 84.7 Å². The number of non-ortho nitro benzene ring substituents is 1. The largest absolute Gasteiger partial charge is 0.378 e. The highest BCUT2D eigenvalue weighted by atomic mass is 32.2. The molecule has 1 aromatic carbocycles. The van der Waals surface area contributed by atoms with Crippen LogP contribution in [-0.2, 0) is 9.53 Å². The molecule has 0 atom stereocenters. The normalized spacial score (nSPS) is 20.0. The van der Waals surface area contributed by atoms with E-state index >= 15 is 0 Å². The van der Waals surface area contributed by atoms with Gasteiger partial charge in [0, 0.05) is 36.5 Å². The number of carbonyl (C=O) groups is 1. The van der Waals surface area contributed by atoms with E-state index in [1.807, 2.05) is 0 Å². The Kier molecular flexibility index (Phi) is 4.60. The summed E-state index contributed by atoms with van der Waals surface area (Å²) in [7, 11) is 0. The zero-order valence-corrected chi connectivity index (χ0v) is 13.6. The lowest BCUT2D eigenvalue weighted by Gasteiger charge is -2.30. The summed E-state index contributed by atoms with van der Waals surface area (Å²) in [5.74, 6) is -0.278. The Hall–Kier alpha value is -1.97. The van der Waals surface area contributed by atoms with Gasteiger partial charge in [-0.05, 0) is 12.1 Å². The van der Waals surface area contributed by atoms with Crippen molar-refractivity contribution in [1.29, 1.82) is 0 Å². The molecule has 0 saturated carbocycles. The van der Waals surface area contributed by atoms with Crippen molar-refractivity contribution >= 4 is 51.7 Å². The van der Waals surface area contributed by atoms with Gasteiger partial charge < -0.3 is 15.0 Å². The van der Waals surface area contributed by atoms with Crippen molar-refractivity contribution in [2.45, 2.75) is 0 Å². The molecule has 2 aliphatic rings. The van der Waals surface area contributed by atoms with Crippen molar-refractivity contribution in [2.24, 2.45) is 0 Å². The van der Waals surface area contributed by atoms with Gasteiger partial charge in [0.1, 0.15) is 4.32 Å². The maximum atomic E-state index is 11.8. The van der Waals surface area contributed by atoms with Crippen LogP contribution in [-0.4, -0.2) is 41.5 Å². The highest BCUT2D eigenvalue weighted by Crippen LogP contribution is 2.32. The number of morpholine rings is 1. The summed E-state index contributed by atoms with van der Waals surface area (Å²) in [4.78, 5) is 25.0. The van der Waals surface area contributed by atoms with Crippen LogP contribution in [0.25, 0.3) is 6.08 Å². The van der Waals surface area contributed by atoms with E-state index in [-0.39, 0.29) is 11.6 Å². The third kappa shape index (κ3) is 3.52. The van der Waals surface area contributed by atoms with Crippen LogP contribution >= 0.6 is 24.0 Å². The lowest BCUT2D eigenvalue weighted by atomic mass is 10.1. The molecule has 0 radical (unpaired) electrons. The first-order chi connectivity index (χ1) is 11.0. The van der Waals surface area contributed by atoms with E-state index in [0.717, 1.165) is 17.4 Å². The summed E-state index contributed by atoms with van der Waals surface area (Å²) in [6, 6.07) is 4.66. The first-order valence-corrected chi connectivity index (χ1v) is 8.13. The van der Waals surface area contributed by atoms with Gasteiger partial charge in [0.25, 0.3) is 11.6 Å². The van der Waals surface area contributed by atoms with Gasteiger partial charge in [-0.15, -0.1) is 0 Å². The molecular weight excluding hydrogens is 338 g/mol. The third-order valence-corrected chi connectivity index (χ3v) is 4.67. The Morgan fingerprint density at radius 1 is 1.39 bits per heavy atom. The van der Waals surface area contributed by atoms with Gasteiger partial charge in [0.05, 0.1) is 23.0 Å². The SMILES string of the molecule is O=C1NC(=S)SC1=Cc1cc([N+](=O)[O-])ccc1N1CCOCC1. The number of rotatable bonds is 3. The van der Waals surface area contributed by atoms with Gasteiger partial charge in [-0.1, -0.05) is 24.0 Å². The molecule has 2 aliphatic heterocycles. The molecule has 7 nitrogen and oxygen atoms in total. The molecule has 3 rings (SSSR count). The Bertz CT molecular complexity index is 714. The molecule has 0 aliphatic carbocycles. The van der Waals surface area contributed by atoms with E-state index in [1.54, 1.807) is 12.1 Å². The first kappa shape index (κ1) is 15.9. The average molecular weight is 351 g/mol. The second-order valence-electron chi connectivity index (χ2n) is 4.95. The van der Waals surface area contributed by atoms with Crippen LogP contribution in [0.2, 0.25) is 0 Å². The molecular formula is C14H13N3O4S2. The predicted molar refractivity (Wildman–Crippen MR) is 92.4 cm³/mol. The first-order valence-electron chi connectivity index (χ1n) is 6.90. The number of thioether (sulfide) groups is 1. The van der Waals surface area contributed by atoms with E-state index in [0.29, 0.717) is 41.1 Å². The minimum atomic E-state index is -0.447. The molecule has 1 aromatic rings. The molecule has 120 valence electrons. The summed E-state index contributed by atoms with van der Waals surface area (Å²) in [5, 5.41) is 13.6. The van der Waals surface area contributed by atoms with Crippen molar-refractivity contribution in [3.63, 3.8) is 0 Å². The summed E-state index contributed by atoms with van der Waals surface area (Å²) in [5.41, 5.74) is 1.46. The average Bonchev–Trinajstić information content (AvgIpc) is 2.85. The fraction of sp³-hybridized carbons (Fsp3) is 0.286. The third-order valence-electron chi connectivity index (χ3n) is 3.50. The van der Waals surface area contributed by atoms with E-state index in [2.05, 4.69) is 10.2 Å². The van der Waals surface area contributed by atoms with Gasteiger partial charge in [-0.2, -0.15) is 0 Å². The number of hydrogen-bond donors (Lipinski definition) is 1. The smallest absolute Gasteiger partial charge is 0.270 e. The number of nitro benzene ring substituents is 1. The second-order valence-corrected chi connectivity index (χ2v) is 6.67. The lowest BCUT2D eigenvalue weighted by Crippen LogP contribution is -2.36. The molecule has 1 amide bonds. The maximum absolute atomic E-state index is 11.8. The highest BCUT2D eigenvalue weighted by molar-refractivity contribution is 8.26. The number of thiocarbonyl (C=S) groups is 1. The van der Waals surface area contributed by atoms with Crippen LogP contribution in [0.4, 0.5) is 11.4 Å². The van der Waals surface area contributed by atoms with E-state index in [9.17, 15) is 14.9 Å². The number of anilines is 1. The quantitative estimate of drug-likeness (QED) is 0.385. The summed E-state index contributed by atoms with van der Waals surface area (Å²) in [6.45, 7) is 2.61. The fourth-order valence-corrected chi connectivity index (χ4v) is 3.46. The monoisotopic (exact) mass is 351 g/mol. The summed E-state index contributed by atoms with van der Waals surface area (Å²) >= 11 is 6.13. The molecule has 23 heavy (non-hydrogen) atoms. The molecule has 2 saturated heterocycles. The maximum Gasteiger partial charge on any atom is 0.270 e. The number of nitro groups is 1.